The second kappa shape index (κ2) is 5.74. The van der Waals surface area contributed by atoms with Crippen molar-refractivity contribution in [3.8, 4) is 0 Å². The standard InChI is InChI=1S/C13H25NOS/c1-13(2)7-12(9-16-10-13)14-5-6-15-8-11-3-4-11/h11-12,14H,3-10H2,1-2H3. The molecule has 16 heavy (non-hydrogen) atoms. The van der Waals surface area contributed by atoms with Gasteiger partial charge >= 0.3 is 0 Å². The third-order valence-electron chi connectivity index (χ3n) is 3.34. The van der Waals surface area contributed by atoms with Gasteiger partial charge in [-0.3, -0.25) is 0 Å². The topological polar surface area (TPSA) is 21.3 Å². The van der Waals surface area contributed by atoms with E-state index in [4.69, 9.17) is 4.74 Å². The van der Waals surface area contributed by atoms with E-state index in [2.05, 4.69) is 30.9 Å². The number of rotatable bonds is 6. The van der Waals surface area contributed by atoms with E-state index in [1.807, 2.05) is 0 Å². The maximum atomic E-state index is 5.63. The van der Waals surface area contributed by atoms with Crippen LogP contribution in [0.1, 0.15) is 33.1 Å². The predicted molar refractivity (Wildman–Crippen MR) is 71.1 cm³/mol. The summed E-state index contributed by atoms with van der Waals surface area (Å²) in [4.78, 5) is 0. The van der Waals surface area contributed by atoms with E-state index >= 15 is 0 Å². The number of nitrogens with one attached hydrogen (secondary N) is 1. The number of ether oxygens (including phenoxy) is 1. The number of hydrogen-bond donors (Lipinski definition) is 1. The fraction of sp³-hybridized carbons (Fsp3) is 1.00. The van der Waals surface area contributed by atoms with Crippen molar-refractivity contribution in [3.05, 3.63) is 0 Å². The second-order valence-electron chi connectivity index (χ2n) is 6.05. The highest BCUT2D eigenvalue weighted by molar-refractivity contribution is 7.99. The Labute approximate surface area is 104 Å². The van der Waals surface area contributed by atoms with Crippen molar-refractivity contribution in [2.75, 3.05) is 31.3 Å². The highest BCUT2D eigenvalue weighted by Crippen LogP contribution is 2.33. The van der Waals surface area contributed by atoms with Crippen molar-refractivity contribution in [2.24, 2.45) is 11.3 Å². The molecule has 1 saturated heterocycles. The normalized spacial score (nSPS) is 29.2. The molecule has 0 bridgehead atoms. The molecule has 2 rings (SSSR count). The van der Waals surface area contributed by atoms with Gasteiger partial charge in [-0.05, 0) is 36.3 Å². The number of thioether (sulfide) groups is 1. The van der Waals surface area contributed by atoms with E-state index in [-0.39, 0.29) is 0 Å². The van der Waals surface area contributed by atoms with Gasteiger partial charge in [0.15, 0.2) is 0 Å². The third kappa shape index (κ3) is 4.64. The van der Waals surface area contributed by atoms with E-state index in [0.29, 0.717) is 11.5 Å². The maximum absolute atomic E-state index is 5.63. The van der Waals surface area contributed by atoms with Crippen LogP contribution in [-0.4, -0.2) is 37.3 Å². The molecule has 1 unspecified atom stereocenters. The minimum absolute atomic E-state index is 0.509. The molecule has 1 heterocycles. The summed E-state index contributed by atoms with van der Waals surface area (Å²) < 4.78 is 5.63. The minimum atomic E-state index is 0.509. The second-order valence-corrected chi connectivity index (χ2v) is 7.08. The van der Waals surface area contributed by atoms with Gasteiger partial charge in [-0.15, -0.1) is 0 Å². The lowest BCUT2D eigenvalue weighted by atomic mass is 9.88. The van der Waals surface area contributed by atoms with Crippen LogP contribution in [-0.2, 0) is 4.74 Å². The molecule has 1 aliphatic heterocycles. The summed E-state index contributed by atoms with van der Waals surface area (Å²) in [6.07, 6.45) is 4.09. The summed E-state index contributed by atoms with van der Waals surface area (Å²) in [5.74, 6) is 3.47. The van der Waals surface area contributed by atoms with Crippen molar-refractivity contribution in [2.45, 2.75) is 39.2 Å². The lowest BCUT2D eigenvalue weighted by Crippen LogP contribution is -2.41. The molecule has 0 aromatic carbocycles. The molecule has 1 atom stereocenters. The fourth-order valence-electron chi connectivity index (χ4n) is 2.26. The molecule has 3 heteroatoms. The van der Waals surface area contributed by atoms with Gasteiger partial charge in [0.1, 0.15) is 0 Å². The van der Waals surface area contributed by atoms with Gasteiger partial charge in [0.2, 0.25) is 0 Å². The van der Waals surface area contributed by atoms with Crippen LogP contribution in [0.5, 0.6) is 0 Å². The quantitative estimate of drug-likeness (QED) is 0.724. The smallest absolute Gasteiger partial charge is 0.0591 e. The molecular weight excluding hydrogens is 218 g/mol. The van der Waals surface area contributed by atoms with Crippen LogP contribution in [0.4, 0.5) is 0 Å². The Bertz CT molecular complexity index is 216. The van der Waals surface area contributed by atoms with Gasteiger partial charge in [-0.1, -0.05) is 13.8 Å². The lowest BCUT2D eigenvalue weighted by molar-refractivity contribution is 0.123. The average molecular weight is 243 g/mol. The van der Waals surface area contributed by atoms with Gasteiger partial charge < -0.3 is 10.1 Å². The van der Waals surface area contributed by atoms with Gasteiger partial charge in [0.05, 0.1) is 6.61 Å². The van der Waals surface area contributed by atoms with Crippen LogP contribution in [0.25, 0.3) is 0 Å². The zero-order chi connectivity index (χ0) is 11.4. The highest BCUT2D eigenvalue weighted by atomic mass is 32.2. The van der Waals surface area contributed by atoms with Crippen molar-refractivity contribution in [1.29, 1.82) is 0 Å². The van der Waals surface area contributed by atoms with Crippen LogP contribution < -0.4 is 5.32 Å². The molecule has 0 aromatic rings. The molecule has 0 amide bonds. The van der Waals surface area contributed by atoms with E-state index < -0.39 is 0 Å². The van der Waals surface area contributed by atoms with E-state index in [1.165, 1.54) is 30.8 Å². The molecule has 0 aromatic heterocycles. The van der Waals surface area contributed by atoms with E-state index in [0.717, 1.165) is 25.7 Å². The number of hydrogen-bond acceptors (Lipinski definition) is 3. The Morgan fingerprint density at radius 1 is 1.38 bits per heavy atom. The Morgan fingerprint density at radius 3 is 2.88 bits per heavy atom. The Morgan fingerprint density at radius 2 is 2.19 bits per heavy atom. The van der Waals surface area contributed by atoms with Crippen molar-refractivity contribution in [3.63, 3.8) is 0 Å². The summed E-state index contributed by atoms with van der Waals surface area (Å²) in [7, 11) is 0. The van der Waals surface area contributed by atoms with Gasteiger partial charge in [0.25, 0.3) is 0 Å². The van der Waals surface area contributed by atoms with Crippen LogP contribution >= 0.6 is 11.8 Å². The molecule has 2 aliphatic rings. The molecule has 0 spiro atoms. The Balaban J connectivity index is 1.51. The summed E-state index contributed by atoms with van der Waals surface area (Å²) in [5.41, 5.74) is 0.509. The van der Waals surface area contributed by atoms with Gasteiger partial charge in [0, 0.05) is 24.9 Å². The largest absolute Gasteiger partial charge is 0.380 e. The molecule has 1 saturated carbocycles. The summed E-state index contributed by atoms with van der Waals surface area (Å²) >= 11 is 2.09. The highest BCUT2D eigenvalue weighted by Gasteiger charge is 2.27. The summed E-state index contributed by atoms with van der Waals surface area (Å²) in [6.45, 7) is 7.65. The van der Waals surface area contributed by atoms with E-state index in [1.54, 1.807) is 0 Å². The molecule has 1 N–H and O–H groups in total. The first-order valence-electron chi connectivity index (χ1n) is 6.55. The van der Waals surface area contributed by atoms with Crippen LogP contribution in [0.15, 0.2) is 0 Å². The SMILES string of the molecule is CC1(C)CSCC(NCCOCC2CC2)C1. The van der Waals surface area contributed by atoms with Gasteiger partial charge in [-0.2, -0.15) is 11.8 Å². The molecule has 0 radical (unpaired) electrons. The first kappa shape index (κ1) is 12.7. The Hall–Kier alpha value is 0.270. The lowest BCUT2D eigenvalue weighted by Gasteiger charge is -2.35. The van der Waals surface area contributed by atoms with Crippen LogP contribution in [0, 0.1) is 11.3 Å². The zero-order valence-electron chi connectivity index (χ0n) is 10.6. The zero-order valence-corrected chi connectivity index (χ0v) is 11.4. The first-order chi connectivity index (χ1) is 7.66. The van der Waals surface area contributed by atoms with Crippen molar-refractivity contribution < 1.29 is 4.74 Å². The average Bonchev–Trinajstić information content (AvgIpc) is 2.99. The molecule has 2 nitrogen and oxygen atoms in total. The van der Waals surface area contributed by atoms with Crippen LogP contribution in [0.2, 0.25) is 0 Å². The third-order valence-corrected chi connectivity index (χ3v) is 4.96. The summed E-state index contributed by atoms with van der Waals surface area (Å²) in [5, 5.41) is 3.63. The Kier molecular flexibility index (Phi) is 4.57. The predicted octanol–water partition coefficient (Wildman–Crippen LogP) is 2.53. The van der Waals surface area contributed by atoms with Crippen molar-refractivity contribution in [1.82, 2.24) is 5.32 Å². The van der Waals surface area contributed by atoms with Gasteiger partial charge in [-0.25, -0.2) is 0 Å². The molecule has 1 aliphatic carbocycles. The molecule has 2 fully saturated rings. The van der Waals surface area contributed by atoms with E-state index in [9.17, 15) is 0 Å². The summed E-state index contributed by atoms with van der Waals surface area (Å²) in [6, 6.07) is 0.693. The minimum Gasteiger partial charge on any atom is -0.380 e. The first-order valence-corrected chi connectivity index (χ1v) is 7.70. The monoisotopic (exact) mass is 243 g/mol. The van der Waals surface area contributed by atoms with Crippen molar-refractivity contribution >= 4 is 11.8 Å². The maximum Gasteiger partial charge on any atom is 0.0591 e. The van der Waals surface area contributed by atoms with Crippen LogP contribution in [0.3, 0.4) is 0 Å². The fourth-order valence-corrected chi connectivity index (χ4v) is 3.57. The molecular formula is C13H25NOS. The molecule has 94 valence electrons.